The van der Waals surface area contributed by atoms with Gasteiger partial charge in [0.25, 0.3) is 0 Å². The van der Waals surface area contributed by atoms with Gasteiger partial charge in [0.15, 0.2) is 0 Å². The van der Waals surface area contributed by atoms with Gasteiger partial charge in [-0.2, -0.15) is 0 Å². The molecule has 1 aliphatic rings. The molecule has 1 saturated heterocycles. The Balaban J connectivity index is 1.31. The summed E-state index contributed by atoms with van der Waals surface area (Å²) in [7, 11) is 0. The van der Waals surface area contributed by atoms with Gasteiger partial charge >= 0.3 is 0 Å². The second-order valence-corrected chi connectivity index (χ2v) is 7.85. The lowest BCUT2D eigenvalue weighted by Gasteiger charge is -2.35. The maximum Gasteiger partial charge on any atom is 0.226 e. The number of aryl methyl sites for hydroxylation is 2. The van der Waals surface area contributed by atoms with Gasteiger partial charge in [-0.05, 0) is 43.5 Å². The zero-order valence-electron chi connectivity index (χ0n) is 18.5. The zero-order chi connectivity index (χ0) is 22.1. The fourth-order valence-electron chi connectivity index (χ4n) is 3.72. The fraction of sp³-hybridized carbons (Fsp3) is 0.440. The van der Waals surface area contributed by atoms with Crippen molar-refractivity contribution < 1.29 is 19.1 Å². The summed E-state index contributed by atoms with van der Waals surface area (Å²) in [5.74, 6) is 1.89. The third-order valence-electron chi connectivity index (χ3n) is 5.50. The van der Waals surface area contributed by atoms with Crippen LogP contribution in [0.1, 0.15) is 30.4 Å². The molecule has 0 atom stereocenters. The summed E-state index contributed by atoms with van der Waals surface area (Å²) < 4.78 is 11.5. The lowest BCUT2D eigenvalue weighted by atomic mass is 10.1. The van der Waals surface area contributed by atoms with Crippen LogP contribution in [0.3, 0.4) is 0 Å². The third-order valence-corrected chi connectivity index (χ3v) is 5.50. The largest absolute Gasteiger partial charge is 0.493 e. The highest BCUT2D eigenvalue weighted by molar-refractivity contribution is 5.78. The first-order chi connectivity index (χ1) is 15.0. The lowest BCUT2D eigenvalue weighted by Crippen LogP contribution is -2.50. The first-order valence-corrected chi connectivity index (χ1v) is 11.0. The first-order valence-electron chi connectivity index (χ1n) is 11.0. The van der Waals surface area contributed by atoms with Crippen LogP contribution in [0, 0.1) is 13.8 Å². The van der Waals surface area contributed by atoms with Crippen molar-refractivity contribution in [2.24, 2.45) is 0 Å². The number of carbonyl (C=O) groups is 2. The molecule has 1 aliphatic heterocycles. The number of rotatable bonds is 9. The van der Waals surface area contributed by atoms with Gasteiger partial charge in [0, 0.05) is 32.6 Å². The van der Waals surface area contributed by atoms with Crippen molar-refractivity contribution in [3.63, 3.8) is 0 Å². The maximum absolute atomic E-state index is 12.5. The predicted molar refractivity (Wildman–Crippen MR) is 120 cm³/mol. The normalized spacial score (nSPS) is 13.7. The Bertz CT molecular complexity index is 841. The van der Waals surface area contributed by atoms with Crippen LogP contribution in [0.15, 0.2) is 48.5 Å². The van der Waals surface area contributed by atoms with Gasteiger partial charge in [-0.15, -0.1) is 0 Å². The molecule has 0 radical (unpaired) electrons. The molecule has 2 aromatic rings. The highest BCUT2D eigenvalue weighted by Crippen LogP contribution is 2.22. The molecule has 6 heteroatoms. The van der Waals surface area contributed by atoms with E-state index in [1.807, 2.05) is 72.2 Å². The van der Waals surface area contributed by atoms with Crippen LogP contribution in [0.4, 0.5) is 0 Å². The van der Waals surface area contributed by atoms with Crippen LogP contribution in [0.2, 0.25) is 0 Å². The third kappa shape index (κ3) is 6.74. The van der Waals surface area contributed by atoms with E-state index >= 15 is 0 Å². The molecule has 1 fully saturated rings. The predicted octanol–water partition coefficient (Wildman–Crippen LogP) is 3.60. The molecule has 1 heterocycles. The second-order valence-electron chi connectivity index (χ2n) is 7.85. The molecule has 2 aromatic carbocycles. The lowest BCUT2D eigenvalue weighted by molar-refractivity contribution is -0.140. The number of ether oxygens (including phenoxy) is 2. The second kappa shape index (κ2) is 11.4. The molecule has 2 amide bonds. The van der Waals surface area contributed by atoms with Crippen molar-refractivity contribution in [3.05, 3.63) is 59.7 Å². The molecule has 166 valence electrons. The van der Waals surface area contributed by atoms with Gasteiger partial charge in [0.05, 0.1) is 19.6 Å². The van der Waals surface area contributed by atoms with Crippen LogP contribution < -0.4 is 9.47 Å². The van der Waals surface area contributed by atoms with Crippen molar-refractivity contribution in [2.75, 3.05) is 39.4 Å². The zero-order valence-corrected chi connectivity index (χ0v) is 18.5. The minimum absolute atomic E-state index is 0.0741. The average molecular weight is 425 g/mol. The Morgan fingerprint density at radius 2 is 1.32 bits per heavy atom. The van der Waals surface area contributed by atoms with E-state index in [0.29, 0.717) is 58.7 Å². The van der Waals surface area contributed by atoms with Gasteiger partial charge < -0.3 is 19.3 Å². The summed E-state index contributed by atoms with van der Waals surface area (Å²) in [5.41, 5.74) is 2.22. The van der Waals surface area contributed by atoms with Gasteiger partial charge in [-0.1, -0.05) is 36.4 Å². The number of carbonyl (C=O) groups excluding carboxylic acids is 2. The van der Waals surface area contributed by atoms with E-state index in [2.05, 4.69) is 0 Å². The highest BCUT2D eigenvalue weighted by atomic mass is 16.5. The minimum Gasteiger partial charge on any atom is -0.493 e. The molecule has 3 rings (SSSR count). The Morgan fingerprint density at radius 3 is 1.94 bits per heavy atom. The van der Waals surface area contributed by atoms with E-state index < -0.39 is 0 Å². The Hall–Kier alpha value is -3.02. The van der Waals surface area contributed by atoms with E-state index in [9.17, 15) is 9.59 Å². The number of hydrogen-bond donors (Lipinski definition) is 0. The van der Waals surface area contributed by atoms with Gasteiger partial charge in [0.1, 0.15) is 11.5 Å². The van der Waals surface area contributed by atoms with E-state index in [1.54, 1.807) is 0 Å². The molecule has 6 nitrogen and oxygen atoms in total. The fourth-order valence-corrected chi connectivity index (χ4v) is 3.72. The summed E-state index contributed by atoms with van der Waals surface area (Å²) in [6.45, 7) is 7.27. The van der Waals surface area contributed by atoms with E-state index in [4.69, 9.17) is 9.47 Å². The molecule has 31 heavy (non-hydrogen) atoms. The number of benzene rings is 2. The minimum atomic E-state index is 0.0741. The summed E-state index contributed by atoms with van der Waals surface area (Å²) in [4.78, 5) is 28.6. The first kappa shape index (κ1) is 22.7. The summed E-state index contributed by atoms with van der Waals surface area (Å²) in [5, 5.41) is 0. The average Bonchev–Trinajstić information content (AvgIpc) is 2.79. The Labute approximate surface area is 184 Å². The number of hydrogen-bond acceptors (Lipinski definition) is 4. The topological polar surface area (TPSA) is 59.1 Å². The van der Waals surface area contributed by atoms with Crippen molar-refractivity contribution in [3.8, 4) is 11.5 Å². The highest BCUT2D eigenvalue weighted by Gasteiger charge is 2.23. The van der Waals surface area contributed by atoms with Crippen molar-refractivity contribution in [2.45, 2.75) is 33.1 Å². The smallest absolute Gasteiger partial charge is 0.226 e. The molecule has 0 spiro atoms. The molecule has 0 N–H and O–H groups in total. The number of amides is 2. The Morgan fingerprint density at radius 1 is 0.742 bits per heavy atom. The molecule has 0 bridgehead atoms. The standard InChI is InChI=1S/C25H32N2O4/c1-20-8-6-9-21(2)25(20)31-18-7-12-23(28)26-14-16-27(17-15-26)24(29)13-19-30-22-10-4-3-5-11-22/h3-6,8-11H,7,12-19H2,1-2H3. The monoisotopic (exact) mass is 424 g/mol. The van der Waals surface area contributed by atoms with E-state index in [0.717, 1.165) is 22.6 Å². The van der Waals surface area contributed by atoms with Crippen molar-refractivity contribution >= 4 is 11.8 Å². The van der Waals surface area contributed by atoms with Crippen LogP contribution in [0.25, 0.3) is 0 Å². The molecular weight excluding hydrogens is 392 g/mol. The number of para-hydroxylation sites is 2. The molecule has 0 aromatic heterocycles. The molecular formula is C25H32N2O4. The molecule has 0 saturated carbocycles. The van der Waals surface area contributed by atoms with Gasteiger partial charge in [-0.25, -0.2) is 0 Å². The van der Waals surface area contributed by atoms with Gasteiger partial charge in [0.2, 0.25) is 11.8 Å². The summed E-state index contributed by atoms with van der Waals surface area (Å²) in [6, 6.07) is 15.6. The SMILES string of the molecule is Cc1cccc(C)c1OCCCC(=O)N1CCN(C(=O)CCOc2ccccc2)CC1. The van der Waals surface area contributed by atoms with E-state index in [1.165, 1.54) is 0 Å². The van der Waals surface area contributed by atoms with Crippen LogP contribution >= 0.6 is 0 Å². The molecule has 0 aliphatic carbocycles. The Kier molecular flexibility index (Phi) is 8.33. The van der Waals surface area contributed by atoms with Crippen LogP contribution in [-0.2, 0) is 9.59 Å². The summed E-state index contributed by atoms with van der Waals surface area (Å²) in [6.07, 6.45) is 1.49. The number of nitrogens with zero attached hydrogens (tertiary/aromatic N) is 2. The van der Waals surface area contributed by atoms with E-state index in [-0.39, 0.29) is 11.8 Å². The quantitative estimate of drug-likeness (QED) is 0.577. The van der Waals surface area contributed by atoms with Crippen LogP contribution in [0.5, 0.6) is 11.5 Å². The number of piperazine rings is 1. The van der Waals surface area contributed by atoms with Gasteiger partial charge in [-0.3, -0.25) is 9.59 Å². The van der Waals surface area contributed by atoms with Crippen molar-refractivity contribution in [1.82, 2.24) is 9.80 Å². The maximum atomic E-state index is 12.5. The molecule has 0 unspecified atom stereocenters. The summed E-state index contributed by atoms with van der Waals surface area (Å²) >= 11 is 0. The van der Waals surface area contributed by atoms with Crippen molar-refractivity contribution in [1.29, 1.82) is 0 Å². The van der Waals surface area contributed by atoms with Crippen LogP contribution in [-0.4, -0.2) is 61.0 Å².